The third-order valence-electron chi connectivity index (χ3n) is 4.20. The Balaban J connectivity index is 2.02. The number of nitrogens with zero attached hydrogens (tertiary/aromatic N) is 1. The average molecular weight is 308 g/mol. The van der Waals surface area contributed by atoms with E-state index >= 15 is 0 Å². The molecule has 0 bridgehead atoms. The summed E-state index contributed by atoms with van der Waals surface area (Å²) < 4.78 is 5.64. The molecule has 0 spiro atoms. The van der Waals surface area contributed by atoms with Gasteiger partial charge in [-0.25, -0.2) is 4.79 Å². The fourth-order valence-corrected chi connectivity index (χ4v) is 3.15. The van der Waals surface area contributed by atoms with Gasteiger partial charge >= 0.3 is 6.09 Å². The minimum absolute atomic E-state index is 0.0105. The van der Waals surface area contributed by atoms with E-state index in [1.165, 1.54) is 0 Å². The van der Waals surface area contributed by atoms with Crippen LogP contribution >= 0.6 is 0 Å². The molecule has 0 radical (unpaired) electrons. The van der Waals surface area contributed by atoms with Crippen LogP contribution in [0, 0.1) is 0 Å². The number of rotatable bonds is 2. The van der Waals surface area contributed by atoms with Gasteiger partial charge in [-0.05, 0) is 53.4 Å². The van der Waals surface area contributed by atoms with Gasteiger partial charge in [-0.3, -0.25) is 4.79 Å². The van der Waals surface area contributed by atoms with Gasteiger partial charge in [-0.15, -0.1) is 0 Å². The summed E-state index contributed by atoms with van der Waals surface area (Å²) in [5, 5.41) is 2.83. The highest BCUT2D eigenvalue weighted by Gasteiger charge is 2.36. The lowest BCUT2D eigenvalue weighted by Crippen LogP contribution is -2.52. The Morgan fingerprint density at radius 3 is 2.64 bits per heavy atom. The molecule has 2 atom stereocenters. The van der Waals surface area contributed by atoms with Crippen LogP contribution < -0.4 is 5.32 Å². The quantitative estimate of drug-likeness (QED) is 0.853. The number of ether oxygens (including phenoxy) is 1. The van der Waals surface area contributed by atoms with Crippen LogP contribution in [0.2, 0.25) is 0 Å². The van der Waals surface area contributed by atoms with Crippen LogP contribution in [0.25, 0.3) is 0 Å². The minimum atomic E-state index is -0.388. The molecule has 5 nitrogen and oxygen atoms in total. The molecule has 2 rings (SSSR count). The van der Waals surface area contributed by atoms with Crippen molar-refractivity contribution >= 4 is 12.0 Å². The fourth-order valence-electron chi connectivity index (χ4n) is 3.15. The average Bonchev–Trinajstić information content (AvgIpc) is 2.37. The molecule has 0 aromatic heterocycles. The van der Waals surface area contributed by atoms with Crippen molar-refractivity contribution in [3.8, 4) is 0 Å². The number of carbonyl (C=O) groups is 2. The molecule has 124 valence electrons. The smallest absolute Gasteiger partial charge is 0.407 e. The number of hydrogen-bond acceptors (Lipinski definition) is 3. The molecule has 1 saturated carbocycles. The third-order valence-corrected chi connectivity index (χ3v) is 4.20. The van der Waals surface area contributed by atoms with Crippen LogP contribution in [0.3, 0.4) is 0 Å². The standard InChI is InChI=1S/C17H28N2O3/c1-12-9-10-19(15(20)11-12)13-7-5-6-8-14(13)22-16(21)18-17(2,3)4/h11,13-14H,5-10H2,1-4H3,(H,18,21). The van der Waals surface area contributed by atoms with Crippen LogP contribution in [0.5, 0.6) is 0 Å². The summed E-state index contributed by atoms with van der Waals surface area (Å²) in [5.74, 6) is 0.0560. The van der Waals surface area contributed by atoms with Gasteiger partial charge in [-0.1, -0.05) is 12.0 Å². The zero-order chi connectivity index (χ0) is 16.3. The molecule has 2 aliphatic rings. The molecule has 1 fully saturated rings. The normalized spacial score (nSPS) is 26.5. The summed E-state index contributed by atoms with van der Waals surface area (Å²) in [6.45, 7) is 8.49. The van der Waals surface area contributed by atoms with Gasteiger partial charge in [0.1, 0.15) is 6.10 Å². The molecular weight excluding hydrogens is 280 g/mol. The topological polar surface area (TPSA) is 58.6 Å². The lowest BCUT2D eigenvalue weighted by Gasteiger charge is -2.40. The van der Waals surface area contributed by atoms with E-state index in [0.29, 0.717) is 0 Å². The van der Waals surface area contributed by atoms with Gasteiger partial charge in [0, 0.05) is 18.2 Å². The van der Waals surface area contributed by atoms with E-state index in [1.54, 1.807) is 6.08 Å². The summed E-state index contributed by atoms with van der Waals surface area (Å²) in [5.41, 5.74) is 0.808. The van der Waals surface area contributed by atoms with E-state index in [2.05, 4.69) is 5.32 Å². The second-order valence-corrected chi connectivity index (χ2v) is 7.44. The first-order chi connectivity index (χ1) is 10.3. The molecule has 1 N–H and O–H groups in total. The number of amides is 2. The van der Waals surface area contributed by atoms with E-state index in [1.807, 2.05) is 32.6 Å². The van der Waals surface area contributed by atoms with E-state index in [4.69, 9.17) is 4.74 Å². The zero-order valence-corrected chi connectivity index (χ0v) is 14.1. The van der Waals surface area contributed by atoms with E-state index in [0.717, 1.165) is 44.2 Å². The molecule has 5 heteroatoms. The van der Waals surface area contributed by atoms with Crippen molar-refractivity contribution in [2.24, 2.45) is 0 Å². The van der Waals surface area contributed by atoms with Crippen molar-refractivity contribution in [1.29, 1.82) is 0 Å². The Kier molecular flexibility index (Phi) is 5.14. The van der Waals surface area contributed by atoms with Gasteiger partial charge in [0.05, 0.1) is 6.04 Å². The molecular formula is C17H28N2O3. The second-order valence-electron chi connectivity index (χ2n) is 7.44. The maximum Gasteiger partial charge on any atom is 0.407 e. The fraction of sp³-hybridized carbons (Fsp3) is 0.765. The first-order valence-corrected chi connectivity index (χ1v) is 8.23. The van der Waals surface area contributed by atoms with Gasteiger partial charge < -0.3 is 15.0 Å². The largest absolute Gasteiger partial charge is 0.444 e. The second kappa shape index (κ2) is 6.71. The monoisotopic (exact) mass is 308 g/mol. The summed E-state index contributed by atoms with van der Waals surface area (Å²) in [6.07, 6.45) is 5.89. The number of carbonyl (C=O) groups excluding carboxylic acids is 2. The Morgan fingerprint density at radius 2 is 2.00 bits per heavy atom. The van der Waals surface area contributed by atoms with Crippen molar-refractivity contribution in [2.75, 3.05) is 6.54 Å². The molecule has 1 heterocycles. The van der Waals surface area contributed by atoms with Crippen LogP contribution in [0.4, 0.5) is 4.79 Å². The van der Waals surface area contributed by atoms with Crippen LogP contribution in [0.1, 0.15) is 59.8 Å². The number of alkyl carbamates (subject to hydrolysis) is 1. The lowest BCUT2D eigenvalue weighted by molar-refractivity contribution is -0.133. The van der Waals surface area contributed by atoms with Crippen molar-refractivity contribution in [3.05, 3.63) is 11.6 Å². The molecule has 2 unspecified atom stereocenters. The SMILES string of the molecule is CC1=CC(=O)N(C2CCCCC2OC(=O)NC(C)(C)C)CC1. The summed E-state index contributed by atoms with van der Waals surface area (Å²) in [4.78, 5) is 26.2. The highest BCUT2D eigenvalue weighted by atomic mass is 16.6. The minimum Gasteiger partial charge on any atom is -0.444 e. The van der Waals surface area contributed by atoms with Gasteiger partial charge in [-0.2, -0.15) is 0 Å². The number of hydrogen-bond donors (Lipinski definition) is 1. The predicted octanol–water partition coefficient (Wildman–Crippen LogP) is 3.00. The maximum absolute atomic E-state index is 12.3. The van der Waals surface area contributed by atoms with Crippen molar-refractivity contribution in [3.63, 3.8) is 0 Å². The van der Waals surface area contributed by atoms with Crippen LogP contribution in [-0.4, -0.2) is 41.1 Å². The summed E-state index contributed by atoms with van der Waals surface area (Å²) >= 11 is 0. The Labute approximate surface area is 133 Å². The van der Waals surface area contributed by atoms with Crippen LogP contribution in [0.15, 0.2) is 11.6 Å². The molecule has 1 aliphatic heterocycles. The number of nitrogens with one attached hydrogen (secondary N) is 1. The van der Waals surface area contributed by atoms with Gasteiger partial charge in [0.2, 0.25) is 5.91 Å². The molecule has 22 heavy (non-hydrogen) atoms. The maximum atomic E-state index is 12.3. The Hall–Kier alpha value is -1.52. The van der Waals surface area contributed by atoms with Crippen molar-refractivity contribution in [1.82, 2.24) is 10.2 Å². The summed E-state index contributed by atoms with van der Waals surface area (Å²) in [7, 11) is 0. The molecule has 2 amide bonds. The van der Waals surface area contributed by atoms with Crippen molar-refractivity contribution in [2.45, 2.75) is 77.5 Å². The summed E-state index contributed by atoms with van der Waals surface area (Å²) in [6, 6.07) is 0.0105. The predicted molar refractivity (Wildman–Crippen MR) is 85.5 cm³/mol. The first kappa shape index (κ1) is 16.8. The molecule has 1 aliphatic carbocycles. The van der Waals surface area contributed by atoms with E-state index in [-0.39, 0.29) is 29.7 Å². The highest BCUT2D eigenvalue weighted by Crippen LogP contribution is 2.28. The van der Waals surface area contributed by atoms with Crippen LogP contribution in [-0.2, 0) is 9.53 Å². The third kappa shape index (κ3) is 4.49. The Morgan fingerprint density at radius 1 is 1.32 bits per heavy atom. The van der Waals surface area contributed by atoms with Crippen molar-refractivity contribution < 1.29 is 14.3 Å². The Bertz CT molecular complexity index is 465. The first-order valence-electron chi connectivity index (χ1n) is 8.23. The van der Waals surface area contributed by atoms with E-state index in [9.17, 15) is 9.59 Å². The molecule has 0 saturated heterocycles. The van der Waals surface area contributed by atoms with E-state index < -0.39 is 0 Å². The molecule has 0 aromatic rings. The lowest BCUT2D eigenvalue weighted by atomic mass is 9.90. The highest BCUT2D eigenvalue weighted by molar-refractivity contribution is 5.89. The zero-order valence-electron chi connectivity index (χ0n) is 14.1. The van der Waals surface area contributed by atoms with Gasteiger partial charge in [0.25, 0.3) is 0 Å². The molecule has 0 aromatic carbocycles. The van der Waals surface area contributed by atoms with Gasteiger partial charge in [0.15, 0.2) is 0 Å².